The average molecular weight is 202 g/mol. The Morgan fingerprint density at radius 1 is 1.33 bits per heavy atom. The van der Waals surface area contributed by atoms with Gasteiger partial charge in [-0.15, -0.1) is 0 Å². The smallest absolute Gasteiger partial charge is 0.0190 e. The molecule has 0 bridgehead atoms. The lowest BCUT2D eigenvalue weighted by molar-refractivity contribution is 0.665. The SMILES string of the molecule is C=C(CC)c1cccc([C@H](C)CCC)c1. The van der Waals surface area contributed by atoms with Crippen LogP contribution < -0.4 is 0 Å². The van der Waals surface area contributed by atoms with Gasteiger partial charge in [0.15, 0.2) is 0 Å². The molecule has 0 aliphatic heterocycles. The molecule has 82 valence electrons. The van der Waals surface area contributed by atoms with E-state index in [0.29, 0.717) is 5.92 Å². The Bertz CT molecular complexity index is 323. The van der Waals surface area contributed by atoms with E-state index >= 15 is 0 Å². The van der Waals surface area contributed by atoms with E-state index in [1.807, 2.05) is 0 Å². The number of hydrogen-bond acceptors (Lipinski definition) is 0. The normalized spacial score (nSPS) is 12.5. The molecule has 0 N–H and O–H groups in total. The fraction of sp³-hybridized carbons (Fsp3) is 0.467. The summed E-state index contributed by atoms with van der Waals surface area (Å²) < 4.78 is 0. The fourth-order valence-corrected chi connectivity index (χ4v) is 1.87. The number of rotatable bonds is 5. The first-order valence-corrected chi connectivity index (χ1v) is 5.97. The van der Waals surface area contributed by atoms with Crippen LogP contribution in [0.25, 0.3) is 5.57 Å². The summed E-state index contributed by atoms with van der Waals surface area (Å²) in [6.07, 6.45) is 3.55. The van der Waals surface area contributed by atoms with E-state index < -0.39 is 0 Å². The summed E-state index contributed by atoms with van der Waals surface area (Å²) in [6, 6.07) is 8.84. The van der Waals surface area contributed by atoms with E-state index in [-0.39, 0.29) is 0 Å². The van der Waals surface area contributed by atoms with Gasteiger partial charge in [-0.1, -0.05) is 58.0 Å². The first-order valence-electron chi connectivity index (χ1n) is 5.97. The predicted molar refractivity (Wildman–Crippen MR) is 69.1 cm³/mol. The first kappa shape index (κ1) is 12.0. The highest BCUT2D eigenvalue weighted by Gasteiger charge is 2.05. The van der Waals surface area contributed by atoms with Crippen LogP contribution in [-0.2, 0) is 0 Å². The second kappa shape index (κ2) is 5.75. The van der Waals surface area contributed by atoms with E-state index in [1.54, 1.807) is 0 Å². The number of benzene rings is 1. The van der Waals surface area contributed by atoms with Gasteiger partial charge >= 0.3 is 0 Å². The zero-order valence-electron chi connectivity index (χ0n) is 10.2. The second-order valence-electron chi connectivity index (χ2n) is 4.27. The van der Waals surface area contributed by atoms with Crippen molar-refractivity contribution in [2.75, 3.05) is 0 Å². The molecule has 0 nitrogen and oxygen atoms in total. The summed E-state index contributed by atoms with van der Waals surface area (Å²) in [5.74, 6) is 0.666. The summed E-state index contributed by atoms with van der Waals surface area (Å²) in [5.41, 5.74) is 3.99. The van der Waals surface area contributed by atoms with Gasteiger partial charge < -0.3 is 0 Å². The van der Waals surface area contributed by atoms with E-state index in [2.05, 4.69) is 51.6 Å². The Morgan fingerprint density at radius 2 is 2.07 bits per heavy atom. The lowest BCUT2D eigenvalue weighted by Crippen LogP contribution is -1.94. The van der Waals surface area contributed by atoms with E-state index in [4.69, 9.17) is 0 Å². The average Bonchev–Trinajstić information content (AvgIpc) is 2.28. The Morgan fingerprint density at radius 3 is 2.67 bits per heavy atom. The van der Waals surface area contributed by atoms with Crippen LogP contribution >= 0.6 is 0 Å². The van der Waals surface area contributed by atoms with E-state index in [9.17, 15) is 0 Å². The van der Waals surface area contributed by atoms with Gasteiger partial charge in [0.1, 0.15) is 0 Å². The second-order valence-corrected chi connectivity index (χ2v) is 4.27. The van der Waals surface area contributed by atoms with Crippen LogP contribution in [0.4, 0.5) is 0 Å². The molecule has 0 aliphatic carbocycles. The van der Waals surface area contributed by atoms with Crippen molar-refractivity contribution in [3.05, 3.63) is 42.0 Å². The molecule has 1 aromatic carbocycles. The monoisotopic (exact) mass is 202 g/mol. The molecule has 0 heteroatoms. The van der Waals surface area contributed by atoms with Gasteiger partial charge in [0, 0.05) is 0 Å². The van der Waals surface area contributed by atoms with Crippen LogP contribution in [0.5, 0.6) is 0 Å². The van der Waals surface area contributed by atoms with Crippen molar-refractivity contribution in [1.29, 1.82) is 0 Å². The molecule has 0 saturated heterocycles. The highest BCUT2D eigenvalue weighted by molar-refractivity contribution is 5.63. The van der Waals surface area contributed by atoms with E-state index in [1.165, 1.54) is 29.5 Å². The van der Waals surface area contributed by atoms with Gasteiger partial charge in [0.05, 0.1) is 0 Å². The third-order valence-corrected chi connectivity index (χ3v) is 3.01. The lowest BCUT2D eigenvalue weighted by atomic mass is 9.93. The maximum absolute atomic E-state index is 4.09. The highest BCUT2D eigenvalue weighted by atomic mass is 14.1. The maximum atomic E-state index is 4.09. The molecule has 1 rings (SSSR count). The topological polar surface area (TPSA) is 0 Å². The summed E-state index contributed by atoms with van der Waals surface area (Å²) in [5, 5.41) is 0. The van der Waals surface area contributed by atoms with Crippen LogP contribution in [0.3, 0.4) is 0 Å². The summed E-state index contributed by atoms with van der Waals surface area (Å²) in [7, 11) is 0. The quantitative estimate of drug-likeness (QED) is 0.629. The molecule has 1 atom stereocenters. The van der Waals surface area contributed by atoms with Gasteiger partial charge in [0.2, 0.25) is 0 Å². The minimum Gasteiger partial charge on any atom is -0.0952 e. The third kappa shape index (κ3) is 3.23. The van der Waals surface area contributed by atoms with Crippen molar-refractivity contribution >= 4 is 5.57 Å². The Kier molecular flexibility index (Phi) is 4.61. The third-order valence-electron chi connectivity index (χ3n) is 3.01. The molecule has 1 aromatic rings. The van der Waals surface area contributed by atoms with Crippen LogP contribution in [0, 0.1) is 0 Å². The van der Waals surface area contributed by atoms with Gasteiger partial charge in [0.25, 0.3) is 0 Å². The Labute approximate surface area is 94.0 Å². The molecule has 0 aromatic heterocycles. The van der Waals surface area contributed by atoms with Gasteiger partial charge in [-0.2, -0.15) is 0 Å². The van der Waals surface area contributed by atoms with Crippen molar-refractivity contribution in [2.24, 2.45) is 0 Å². The minimum atomic E-state index is 0.666. The highest BCUT2D eigenvalue weighted by Crippen LogP contribution is 2.24. The minimum absolute atomic E-state index is 0.666. The predicted octanol–water partition coefficient (Wildman–Crippen LogP) is 5.01. The zero-order chi connectivity index (χ0) is 11.3. The largest absolute Gasteiger partial charge is 0.0952 e. The zero-order valence-corrected chi connectivity index (χ0v) is 10.2. The van der Waals surface area contributed by atoms with Crippen molar-refractivity contribution in [1.82, 2.24) is 0 Å². The van der Waals surface area contributed by atoms with Crippen molar-refractivity contribution in [2.45, 2.75) is 46.0 Å². The van der Waals surface area contributed by atoms with Crippen LogP contribution in [0.2, 0.25) is 0 Å². The van der Waals surface area contributed by atoms with Gasteiger partial charge in [-0.05, 0) is 35.5 Å². The van der Waals surface area contributed by atoms with Crippen molar-refractivity contribution in [3.8, 4) is 0 Å². The Hall–Kier alpha value is -1.04. The summed E-state index contributed by atoms with van der Waals surface area (Å²) >= 11 is 0. The Balaban J connectivity index is 2.87. The fourth-order valence-electron chi connectivity index (χ4n) is 1.87. The molecule has 15 heavy (non-hydrogen) atoms. The number of allylic oxidation sites excluding steroid dienone is 1. The van der Waals surface area contributed by atoms with Gasteiger partial charge in [-0.25, -0.2) is 0 Å². The standard InChI is InChI=1S/C15H22/c1-5-8-13(4)15-10-7-9-14(11-15)12(3)6-2/h7,9-11,13H,3,5-6,8H2,1-2,4H3/t13-/m1/s1. The molecule has 0 spiro atoms. The molecule has 0 unspecified atom stereocenters. The van der Waals surface area contributed by atoms with Crippen molar-refractivity contribution in [3.63, 3.8) is 0 Å². The first-order chi connectivity index (χ1) is 7.19. The van der Waals surface area contributed by atoms with Crippen molar-refractivity contribution < 1.29 is 0 Å². The molecule has 0 aliphatic rings. The van der Waals surface area contributed by atoms with Crippen LogP contribution in [-0.4, -0.2) is 0 Å². The summed E-state index contributed by atoms with van der Waals surface area (Å²) in [6.45, 7) is 10.8. The molecule has 0 radical (unpaired) electrons. The molecule has 0 heterocycles. The molecule has 0 amide bonds. The molecular weight excluding hydrogens is 180 g/mol. The molecule has 0 saturated carbocycles. The molecular formula is C15H22. The van der Waals surface area contributed by atoms with E-state index in [0.717, 1.165) is 6.42 Å². The van der Waals surface area contributed by atoms with Crippen LogP contribution in [0.1, 0.15) is 57.1 Å². The number of hydrogen-bond donors (Lipinski definition) is 0. The van der Waals surface area contributed by atoms with Crippen LogP contribution in [0.15, 0.2) is 30.8 Å². The lowest BCUT2D eigenvalue weighted by Gasteiger charge is -2.12. The summed E-state index contributed by atoms with van der Waals surface area (Å²) in [4.78, 5) is 0. The maximum Gasteiger partial charge on any atom is -0.0190 e. The van der Waals surface area contributed by atoms with Gasteiger partial charge in [-0.3, -0.25) is 0 Å². The molecule has 0 fully saturated rings.